The zero-order valence-electron chi connectivity index (χ0n) is 18.3. The number of carbonyl (C=O) groups is 1. The minimum Gasteiger partial charge on any atom is -0.352 e. The molecule has 1 aromatic carbocycles. The Kier molecular flexibility index (Phi) is 5.70. The van der Waals surface area contributed by atoms with E-state index >= 15 is 0 Å². The van der Waals surface area contributed by atoms with Gasteiger partial charge in [0.05, 0.1) is 16.8 Å². The van der Waals surface area contributed by atoms with Crippen molar-refractivity contribution in [3.63, 3.8) is 0 Å². The summed E-state index contributed by atoms with van der Waals surface area (Å²) in [5.41, 5.74) is 2.76. The number of anilines is 1. The van der Waals surface area contributed by atoms with Crippen molar-refractivity contribution in [2.24, 2.45) is 5.92 Å². The van der Waals surface area contributed by atoms with Crippen LogP contribution in [0.3, 0.4) is 0 Å². The molecule has 7 heteroatoms. The molecule has 30 heavy (non-hydrogen) atoms. The fourth-order valence-corrected chi connectivity index (χ4v) is 3.99. The number of piperazine rings is 1. The normalized spacial score (nSPS) is 14.7. The fraction of sp³-hybridized carbons (Fsp3) is 0.478. The average molecular weight is 407 g/mol. The maximum atomic E-state index is 12.4. The van der Waals surface area contributed by atoms with Crippen LogP contribution in [0.1, 0.15) is 38.7 Å². The van der Waals surface area contributed by atoms with Crippen LogP contribution < -0.4 is 4.90 Å². The molecule has 7 nitrogen and oxygen atoms in total. The number of hydrogen-bond donors (Lipinski definition) is 0. The van der Waals surface area contributed by atoms with Crippen LogP contribution in [0.4, 0.5) is 5.82 Å². The van der Waals surface area contributed by atoms with E-state index < -0.39 is 0 Å². The third-order valence-corrected chi connectivity index (χ3v) is 5.56. The number of nitrogens with zero attached hydrogens (tertiary/aromatic N) is 6. The number of aromatic nitrogens is 4. The summed E-state index contributed by atoms with van der Waals surface area (Å²) in [6.45, 7) is 11.3. The molecule has 0 saturated carbocycles. The molecule has 0 aliphatic carbocycles. The van der Waals surface area contributed by atoms with E-state index in [1.807, 2.05) is 46.8 Å². The van der Waals surface area contributed by atoms with Gasteiger partial charge in [-0.05, 0) is 25.0 Å². The molecule has 2 aromatic heterocycles. The molecule has 3 aromatic rings. The molecule has 0 N–H and O–H groups in total. The first-order valence-electron chi connectivity index (χ1n) is 10.8. The lowest BCUT2D eigenvalue weighted by atomic mass is 10.1. The third-order valence-electron chi connectivity index (χ3n) is 5.56. The average Bonchev–Trinajstić information content (AvgIpc) is 3.10. The smallest absolute Gasteiger partial charge is 0.222 e. The summed E-state index contributed by atoms with van der Waals surface area (Å²) in [6, 6.07) is 10.1. The van der Waals surface area contributed by atoms with Crippen LogP contribution in [0.15, 0.2) is 30.3 Å². The van der Waals surface area contributed by atoms with Gasteiger partial charge < -0.3 is 9.80 Å². The van der Waals surface area contributed by atoms with Gasteiger partial charge in [0.15, 0.2) is 5.65 Å². The van der Waals surface area contributed by atoms with Crippen molar-refractivity contribution >= 4 is 22.8 Å². The molecule has 0 unspecified atom stereocenters. The predicted molar refractivity (Wildman–Crippen MR) is 119 cm³/mol. The Bertz CT molecular complexity index is 1030. The molecule has 1 amide bonds. The Hall–Kier alpha value is -2.96. The highest BCUT2D eigenvalue weighted by atomic mass is 16.2. The third kappa shape index (κ3) is 3.88. The van der Waals surface area contributed by atoms with Gasteiger partial charge in [-0.1, -0.05) is 39.0 Å². The van der Waals surface area contributed by atoms with Gasteiger partial charge in [-0.15, -0.1) is 0 Å². The first-order chi connectivity index (χ1) is 14.5. The van der Waals surface area contributed by atoms with Gasteiger partial charge >= 0.3 is 0 Å². The van der Waals surface area contributed by atoms with Gasteiger partial charge in [0.1, 0.15) is 11.6 Å². The molecule has 158 valence electrons. The Morgan fingerprint density at radius 2 is 1.77 bits per heavy atom. The second-order valence-corrected chi connectivity index (χ2v) is 8.31. The highest BCUT2D eigenvalue weighted by Crippen LogP contribution is 2.29. The van der Waals surface area contributed by atoms with E-state index in [1.165, 1.54) is 0 Å². The number of aryl methyl sites for hydroxylation is 2. The second kappa shape index (κ2) is 8.42. The summed E-state index contributed by atoms with van der Waals surface area (Å²) in [5.74, 6) is 2.39. The van der Waals surface area contributed by atoms with Crippen molar-refractivity contribution < 1.29 is 4.79 Å². The summed E-state index contributed by atoms with van der Waals surface area (Å²) in [7, 11) is 0. The van der Waals surface area contributed by atoms with Crippen molar-refractivity contribution in [3.05, 3.63) is 41.9 Å². The van der Waals surface area contributed by atoms with E-state index in [0.717, 1.165) is 66.7 Å². The summed E-state index contributed by atoms with van der Waals surface area (Å²) in [4.78, 5) is 26.4. The Morgan fingerprint density at radius 3 is 2.40 bits per heavy atom. The van der Waals surface area contributed by atoms with Gasteiger partial charge in [0.25, 0.3) is 0 Å². The molecule has 1 aliphatic heterocycles. The summed E-state index contributed by atoms with van der Waals surface area (Å²) in [5, 5.41) is 5.79. The standard InChI is InChI=1S/C23H30N6O/c1-5-19-24-22(28-13-11-27(12-14-28)20(30)15-16(2)3)21-17(4)26-29(23(21)25-19)18-9-7-6-8-10-18/h6-10,16H,5,11-15H2,1-4H3. The molecule has 0 bridgehead atoms. The lowest BCUT2D eigenvalue weighted by Crippen LogP contribution is -2.49. The first-order valence-corrected chi connectivity index (χ1v) is 10.8. The molecule has 1 aliphatic rings. The van der Waals surface area contributed by atoms with Crippen LogP contribution >= 0.6 is 0 Å². The zero-order chi connectivity index (χ0) is 21.3. The van der Waals surface area contributed by atoms with Crippen molar-refractivity contribution in [3.8, 4) is 5.69 Å². The van der Waals surface area contributed by atoms with E-state index in [0.29, 0.717) is 12.3 Å². The van der Waals surface area contributed by atoms with Crippen LogP contribution in [0.2, 0.25) is 0 Å². The quantitative estimate of drug-likeness (QED) is 0.650. The zero-order valence-corrected chi connectivity index (χ0v) is 18.3. The Morgan fingerprint density at radius 1 is 1.07 bits per heavy atom. The van der Waals surface area contributed by atoms with Crippen molar-refractivity contribution in [1.82, 2.24) is 24.6 Å². The summed E-state index contributed by atoms with van der Waals surface area (Å²) in [6.07, 6.45) is 1.37. The largest absolute Gasteiger partial charge is 0.352 e. The lowest BCUT2D eigenvalue weighted by Gasteiger charge is -2.36. The molecule has 1 saturated heterocycles. The number of fused-ring (bicyclic) bond motifs is 1. The van der Waals surface area contributed by atoms with Crippen molar-refractivity contribution in [2.75, 3.05) is 31.1 Å². The van der Waals surface area contributed by atoms with E-state index in [1.54, 1.807) is 0 Å². The molecule has 0 spiro atoms. The van der Waals surface area contributed by atoms with E-state index in [4.69, 9.17) is 15.1 Å². The minimum atomic E-state index is 0.250. The highest BCUT2D eigenvalue weighted by molar-refractivity contribution is 5.91. The summed E-state index contributed by atoms with van der Waals surface area (Å²) >= 11 is 0. The van der Waals surface area contributed by atoms with Gasteiger partial charge in [-0.3, -0.25) is 4.79 Å². The van der Waals surface area contributed by atoms with Crippen LogP contribution in [-0.2, 0) is 11.2 Å². The fourth-order valence-electron chi connectivity index (χ4n) is 3.99. The highest BCUT2D eigenvalue weighted by Gasteiger charge is 2.26. The molecular formula is C23H30N6O. The lowest BCUT2D eigenvalue weighted by molar-refractivity contribution is -0.132. The van der Waals surface area contributed by atoms with Crippen molar-refractivity contribution in [1.29, 1.82) is 0 Å². The number of amides is 1. The second-order valence-electron chi connectivity index (χ2n) is 8.31. The molecule has 4 rings (SSSR count). The number of hydrogen-bond acceptors (Lipinski definition) is 5. The predicted octanol–water partition coefficient (Wildman–Crippen LogP) is 3.38. The molecule has 0 radical (unpaired) electrons. The van der Waals surface area contributed by atoms with Crippen molar-refractivity contribution in [2.45, 2.75) is 40.5 Å². The van der Waals surface area contributed by atoms with Gasteiger partial charge in [0.2, 0.25) is 5.91 Å². The van der Waals surface area contributed by atoms with Gasteiger partial charge in [0, 0.05) is 39.0 Å². The molecule has 0 atom stereocenters. The van der Waals surface area contributed by atoms with E-state index in [9.17, 15) is 4.79 Å². The van der Waals surface area contributed by atoms with Crippen LogP contribution in [0.25, 0.3) is 16.7 Å². The molecule has 3 heterocycles. The summed E-state index contributed by atoms with van der Waals surface area (Å²) < 4.78 is 1.91. The number of benzene rings is 1. The number of rotatable bonds is 5. The monoisotopic (exact) mass is 406 g/mol. The van der Waals surface area contributed by atoms with Gasteiger partial charge in [-0.2, -0.15) is 5.10 Å². The van der Waals surface area contributed by atoms with Crippen LogP contribution in [-0.4, -0.2) is 56.7 Å². The van der Waals surface area contributed by atoms with E-state index in [-0.39, 0.29) is 5.91 Å². The number of carbonyl (C=O) groups excluding carboxylic acids is 1. The van der Waals surface area contributed by atoms with E-state index in [2.05, 4.69) is 25.7 Å². The SMILES string of the molecule is CCc1nc(N2CCN(C(=O)CC(C)C)CC2)c2c(C)nn(-c3ccccc3)c2n1. The van der Waals surface area contributed by atoms with Crippen LogP contribution in [0.5, 0.6) is 0 Å². The van der Waals surface area contributed by atoms with Crippen LogP contribution in [0, 0.1) is 12.8 Å². The maximum absolute atomic E-state index is 12.4. The molecular weight excluding hydrogens is 376 g/mol. The van der Waals surface area contributed by atoms with Gasteiger partial charge in [-0.25, -0.2) is 14.6 Å². The number of para-hydroxylation sites is 1. The molecule has 1 fully saturated rings. The topological polar surface area (TPSA) is 67.2 Å². The Balaban J connectivity index is 1.68. The maximum Gasteiger partial charge on any atom is 0.222 e. The Labute approximate surface area is 177 Å². The first kappa shape index (κ1) is 20.3. The minimum absolute atomic E-state index is 0.250.